The average Bonchev–Trinajstić information content (AvgIpc) is 3.88. The van der Waals surface area contributed by atoms with Crippen molar-refractivity contribution in [2.75, 3.05) is 19.8 Å². The molecule has 0 unspecified atom stereocenters. The largest absolute Gasteiger partial charge is 0.462 e. The fourth-order valence-corrected chi connectivity index (χ4v) is 9.51. The van der Waals surface area contributed by atoms with Crippen LogP contribution in [0.4, 0.5) is 0 Å². The minimum Gasteiger partial charge on any atom is -0.462 e. The minimum absolute atomic E-state index is 0.00226. The normalized spacial score (nSPS) is 28.0. The number of aliphatic hydroxyl groups excluding tert-OH is 1. The Kier molecular flexibility index (Phi) is 16.2. The summed E-state index contributed by atoms with van der Waals surface area (Å²) in [4.78, 5) is 85.8. The predicted octanol–water partition coefficient (Wildman–Crippen LogP) is 4.74. The second kappa shape index (κ2) is 21.0. The molecule has 5 fully saturated rings. The lowest BCUT2D eigenvalue weighted by Gasteiger charge is -2.48. The minimum atomic E-state index is -1.46. The van der Waals surface area contributed by atoms with Gasteiger partial charge >= 0.3 is 23.9 Å². The molecule has 4 heterocycles. The summed E-state index contributed by atoms with van der Waals surface area (Å²) in [6.45, 7) is 12.9. The molecule has 4 aliphatic heterocycles. The second-order valence-electron chi connectivity index (χ2n) is 19.8. The van der Waals surface area contributed by atoms with Gasteiger partial charge in [0, 0.05) is 50.1 Å². The molecule has 0 radical (unpaired) electrons. The molecule has 17 heteroatoms. The number of cyclic esters (lactones) is 1. The number of nitrogens with zero attached hydrogens (tertiary/aromatic N) is 1. The summed E-state index contributed by atoms with van der Waals surface area (Å²) < 4.78 is 35.8. The molecule has 17 nitrogen and oxygen atoms in total. The number of amides is 2. The van der Waals surface area contributed by atoms with E-state index in [-0.39, 0.29) is 52.0 Å². The van der Waals surface area contributed by atoms with E-state index >= 15 is 0 Å². The summed E-state index contributed by atoms with van der Waals surface area (Å²) in [6.07, 6.45) is 5.86. The lowest BCUT2D eigenvalue weighted by atomic mass is 9.62. The number of aliphatic hydroxyl groups is 1. The maximum Gasteiger partial charge on any atom is 0.348 e. The Bertz CT molecular complexity index is 1900. The Labute approximate surface area is 381 Å². The molecule has 1 aromatic carbocycles. The van der Waals surface area contributed by atoms with E-state index in [1.807, 2.05) is 12.1 Å². The number of unbranched alkanes of at least 4 members (excludes halogenated alkanes) is 4. The molecule has 2 amide bonds. The van der Waals surface area contributed by atoms with Crippen LogP contribution < -0.4 is 10.6 Å². The number of rotatable bonds is 22. The van der Waals surface area contributed by atoms with Gasteiger partial charge in [-0.15, -0.1) is 0 Å². The van der Waals surface area contributed by atoms with Crippen LogP contribution in [0.3, 0.4) is 0 Å². The molecule has 3 N–H and O–H groups in total. The first-order valence-corrected chi connectivity index (χ1v) is 23.4. The average molecular weight is 912 g/mol. The van der Waals surface area contributed by atoms with Crippen molar-refractivity contribution < 1.29 is 67.1 Å². The third-order valence-electron chi connectivity index (χ3n) is 12.8. The van der Waals surface area contributed by atoms with Gasteiger partial charge in [0.25, 0.3) is 0 Å². The van der Waals surface area contributed by atoms with Gasteiger partial charge in [-0.2, -0.15) is 5.06 Å². The highest BCUT2D eigenvalue weighted by molar-refractivity contribution is 5.94. The molecule has 4 saturated heterocycles. The molecule has 0 spiro atoms. The molecule has 1 aromatic rings. The molecule has 2 bridgehead atoms. The van der Waals surface area contributed by atoms with Gasteiger partial charge < -0.3 is 44.2 Å². The van der Waals surface area contributed by atoms with E-state index in [2.05, 4.69) is 24.5 Å². The van der Waals surface area contributed by atoms with Gasteiger partial charge in [-0.25, -0.2) is 9.59 Å². The Morgan fingerprint density at radius 2 is 1.63 bits per heavy atom. The van der Waals surface area contributed by atoms with E-state index in [9.17, 15) is 33.9 Å². The van der Waals surface area contributed by atoms with Crippen LogP contribution in [0, 0.1) is 10.8 Å². The molecule has 8 atom stereocenters. The van der Waals surface area contributed by atoms with Crippen molar-refractivity contribution in [1.82, 2.24) is 15.7 Å². The lowest BCUT2D eigenvalue weighted by molar-refractivity contribution is -0.224. The van der Waals surface area contributed by atoms with Crippen molar-refractivity contribution in [3.05, 3.63) is 41.5 Å². The third-order valence-corrected chi connectivity index (χ3v) is 12.8. The van der Waals surface area contributed by atoms with Crippen LogP contribution in [0.15, 0.2) is 30.3 Å². The van der Waals surface area contributed by atoms with Gasteiger partial charge in [0.2, 0.25) is 17.9 Å². The molecule has 0 aromatic heterocycles. The second-order valence-corrected chi connectivity index (χ2v) is 19.8. The number of ether oxygens (including phenoxy) is 6. The Balaban J connectivity index is 1.18. The van der Waals surface area contributed by atoms with Gasteiger partial charge in [0.1, 0.15) is 42.0 Å². The summed E-state index contributed by atoms with van der Waals surface area (Å²) in [5.74, 6) is -4.19. The first-order valence-electron chi connectivity index (χ1n) is 23.4. The van der Waals surface area contributed by atoms with Crippen molar-refractivity contribution in [3.8, 4) is 0 Å². The van der Waals surface area contributed by atoms with E-state index < -0.39 is 101 Å². The fraction of sp³-hybridized carbons (Fsp3) is 0.708. The summed E-state index contributed by atoms with van der Waals surface area (Å²) in [5, 5.41) is 17.1. The number of carbonyl (C=O) groups is 6. The first kappa shape index (κ1) is 50.0. The molecular weight excluding hydrogens is 843 g/mol. The van der Waals surface area contributed by atoms with E-state index in [1.165, 1.54) is 11.1 Å². The highest BCUT2D eigenvalue weighted by Crippen LogP contribution is 2.58. The smallest absolute Gasteiger partial charge is 0.348 e. The number of fused-ring (bicyclic) bond motifs is 4. The van der Waals surface area contributed by atoms with Gasteiger partial charge in [-0.05, 0) is 57.2 Å². The monoisotopic (exact) mass is 911 g/mol. The Morgan fingerprint density at radius 3 is 2.25 bits per heavy atom. The van der Waals surface area contributed by atoms with Crippen LogP contribution in [0.5, 0.6) is 0 Å². The van der Waals surface area contributed by atoms with Gasteiger partial charge in [0.05, 0.1) is 19.2 Å². The zero-order valence-electron chi connectivity index (χ0n) is 39.0. The van der Waals surface area contributed by atoms with E-state index in [4.69, 9.17) is 33.3 Å². The molecule has 6 rings (SSSR count). The van der Waals surface area contributed by atoms with Crippen LogP contribution in [-0.2, 0) is 68.6 Å². The summed E-state index contributed by atoms with van der Waals surface area (Å²) in [6, 6.07) is 5.33. The van der Waals surface area contributed by atoms with Crippen molar-refractivity contribution in [1.29, 1.82) is 0 Å². The van der Waals surface area contributed by atoms with Crippen LogP contribution >= 0.6 is 0 Å². The van der Waals surface area contributed by atoms with Crippen molar-refractivity contribution in [3.63, 3.8) is 0 Å². The Morgan fingerprint density at radius 1 is 0.954 bits per heavy atom. The zero-order valence-corrected chi connectivity index (χ0v) is 39.0. The molecule has 1 saturated carbocycles. The lowest BCUT2D eigenvalue weighted by Crippen LogP contribution is -2.69. The third kappa shape index (κ3) is 11.8. The number of esters is 4. The van der Waals surface area contributed by atoms with Crippen molar-refractivity contribution in [2.24, 2.45) is 10.8 Å². The molecule has 65 heavy (non-hydrogen) atoms. The summed E-state index contributed by atoms with van der Waals surface area (Å²) >= 11 is 0. The molecule has 1 aliphatic carbocycles. The zero-order chi connectivity index (χ0) is 47.2. The van der Waals surface area contributed by atoms with E-state index in [0.29, 0.717) is 18.4 Å². The van der Waals surface area contributed by atoms with Crippen LogP contribution in [0.25, 0.3) is 6.08 Å². The standard InChI is InChI=1S/C48H69N3O14/c1-8-10-12-23-47(24-13-11-9-2)63-37-33-26-48(44(58)49-25-22-34(53)50-32(28-52)19-21-36(55)62-45(3,4)5)39(42(56)60-33)51(65-40(48)38(37)64-47)27-31-16-14-30(15-17-31)18-20-35(54)61-41-43(57)59-29-46(41,6)7/h14-18,20,32-33,37-41,52H,8-13,19,21-29H2,1-7H3,(H,49,58)(H,50,53)/t32-,33+,37-,38-,39-,40+,41-,48-/m0/s1. The number of hydroxylamine groups is 2. The topological polar surface area (TPSA) is 215 Å². The first-order chi connectivity index (χ1) is 30.8. The van der Waals surface area contributed by atoms with Gasteiger partial charge in [-0.1, -0.05) is 77.6 Å². The fourth-order valence-electron chi connectivity index (χ4n) is 9.51. The van der Waals surface area contributed by atoms with Crippen LogP contribution in [0.2, 0.25) is 0 Å². The highest BCUT2D eigenvalue weighted by Gasteiger charge is 2.76. The van der Waals surface area contributed by atoms with E-state index in [0.717, 1.165) is 44.1 Å². The number of benzene rings is 1. The van der Waals surface area contributed by atoms with Crippen molar-refractivity contribution >= 4 is 41.8 Å². The number of hydrogen-bond acceptors (Lipinski definition) is 15. The quantitative estimate of drug-likeness (QED) is 0.0620. The van der Waals surface area contributed by atoms with Crippen molar-refractivity contribution in [2.45, 2.75) is 186 Å². The number of carbonyl (C=O) groups excluding carboxylic acids is 6. The SMILES string of the molecule is CCCCCC1(CCCCC)O[C@@H]2[C@H](O1)[C@H]1ON(Cc3ccc(C=CC(=O)O[C@H]4C(=O)OCC4(C)C)cc3)[C@H]3C(=O)O[C@@H]2C[C@@]13C(=O)NCCC(=O)N[C@H](CO)CCC(=O)OC(C)(C)C. The summed E-state index contributed by atoms with van der Waals surface area (Å²) in [5.41, 5.74) is -1.36. The van der Waals surface area contributed by atoms with Gasteiger partial charge in [-0.3, -0.25) is 24.0 Å². The maximum atomic E-state index is 14.8. The molecular formula is C48H69N3O14. The van der Waals surface area contributed by atoms with Crippen LogP contribution in [0.1, 0.15) is 137 Å². The highest BCUT2D eigenvalue weighted by atomic mass is 16.8. The predicted molar refractivity (Wildman–Crippen MR) is 234 cm³/mol. The molecule has 5 aliphatic rings. The number of hydrogen-bond donors (Lipinski definition) is 3. The summed E-state index contributed by atoms with van der Waals surface area (Å²) in [7, 11) is 0. The molecule has 360 valence electrons. The maximum absolute atomic E-state index is 14.8. The van der Waals surface area contributed by atoms with E-state index in [1.54, 1.807) is 52.8 Å². The Hall–Kier alpha value is -4.42. The number of nitrogens with one attached hydrogen (secondary N) is 2. The van der Waals surface area contributed by atoms with Crippen LogP contribution in [-0.4, -0.2) is 120 Å². The van der Waals surface area contributed by atoms with Gasteiger partial charge in [0.15, 0.2) is 11.8 Å².